The Morgan fingerprint density at radius 2 is 1.88 bits per heavy atom. The Hall–Kier alpha value is -0.690. The Kier molecular flexibility index (Phi) is 5.54. The van der Waals surface area contributed by atoms with Crippen LogP contribution in [0.15, 0.2) is 12.1 Å². The minimum Gasteiger partial charge on any atom is -0.478 e. The molecule has 0 atom stereocenters. The van der Waals surface area contributed by atoms with Gasteiger partial charge in [-0.3, -0.25) is 4.72 Å². The van der Waals surface area contributed by atoms with E-state index < -0.39 is 16.0 Å². The predicted molar refractivity (Wildman–Crippen MR) is 69.1 cm³/mol. The highest BCUT2D eigenvalue weighted by atomic mass is 35.5. The number of benzene rings is 1. The van der Waals surface area contributed by atoms with Crippen molar-refractivity contribution >= 4 is 57.3 Å². The summed E-state index contributed by atoms with van der Waals surface area (Å²) in [4.78, 5) is 10.8. The van der Waals surface area contributed by atoms with E-state index >= 15 is 0 Å². The molecular formula is C8H8Cl3NO4S. The number of carboxylic acid groups (broad SMARTS) is 1. The quantitative estimate of drug-likeness (QED) is 0.896. The third-order valence-electron chi connectivity index (χ3n) is 1.56. The lowest BCUT2D eigenvalue weighted by atomic mass is 10.2. The van der Waals surface area contributed by atoms with Crippen molar-refractivity contribution in [2.75, 3.05) is 11.0 Å². The van der Waals surface area contributed by atoms with Crippen LogP contribution in [0.25, 0.3) is 0 Å². The molecule has 0 aliphatic rings. The Balaban J connectivity index is 0.00000256. The second-order valence-electron chi connectivity index (χ2n) is 2.99. The van der Waals surface area contributed by atoms with E-state index in [2.05, 4.69) is 4.72 Å². The lowest BCUT2D eigenvalue weighted by Crippen LogP contribution is -2.11. The van der Waals surface area contributed by atoms with Gasteiger partial charge in [0.25, 0.3) is 0 Å². The zero-order valence-corrected chi connectivity index (χ0v) is 11.5. The molecule has 0 aromatic heterocycles. The summed E-state index contributed by atoms with van der Waals surface area (Å²) >= 11 is 11.4. The first-order valence-electron chi connectivity index (χ1n) is 3.91. The Morgan fingerprint density at radius 3 is 2.29 bits per heavy atom. The smallest absolute Gasteiger partial charge is 0.337 e. The molecule has 0 saturated heterocycles. The number of carboxylic acids is 1. The number of hydrogen-bond donors (Lipinski definition) is 2. The van der Waals surface area contributed by atoms with Crippen molar-refractivity contribution in [1.29, 1.82) is 0 Å². The average molecular weight is 321 g/mol. The first-order valence-corrected chi connectivity index (χ1v) is 6.55. The van der Waals surface area contributed by atoms with Gasteiger partial charge in [0.1, 0.15) is 0 Å². The number of rotatable bonds is 3. The molecule has 0 aliphatic carbocycles. The third-order valence-corrected chi connectivity index (χ3v) is 2.78. The van der Waals surface area contributed by atoms with Crippen molar-refractivity contribution in [3.63, 3.8) is 0 Å². The van der Waals surface area contributed by atoms with E-state index in [1.807, 2.05) is 0 Å². The van der Waals surface area contributed by atoms with E-state index in [1.54, 1.807) is 0 Å². The highest BCUT2D eigenvalue weighted by molar-refractivity contribution is 7.92. The van der Waals surface area contributed by atoms with Crippen LogP contribution in [0, 0.1) is 0 Å². The zero-order valence-electron chi connectivity index (χ0n) is 8.40. The lowest BCUT2D eigenvalue weighted by molar-refractivity contribution is 0.0697. The normalized spacial score (nSPS) is 10.5. The summed E-state index contributed by atoms with van der Waals surface area (Å²) in [7, 11) is -3.54. The second kappa shape index (κ2) is 5.77. The van der Waals surface area contributed by atoms with Crippen LogP contribution in [-0.4, -0.2) is 25.7 Å². The maximum absolute atomic E-state index is 11.0. The van der Waals surface area contributed by atoms with Crippen molar-refractivity contribution in [2.45, 2.75) is 0 Å². The van der Waals surface area contributed by atoms with Gasteiger partial charge in [-0.15, -0.1) is 12.4 Å². The van der Waals surface area contributed by atoms with Crippen LogP contribution in [-0.2, 0) is 10.0 Å². The van der Waals surface area contributed by atoms with Gasteiger partial charge in [0, 0.05) is 5.02 Å². The van der Waals surface area contributed by atoms with Crippen molar-refractivity contribution in [3.8, 4) is 0 Å². The molecular weight excluding hydrogens is 313 g/mol. The molecule has 0 bridgehead atoms. The summed E-state index contributed by atoms with van der Waals surface area (Å²) in [5, 5.41) is 8.66. The molecule has 1 aromatic rings. The first-order chi connectivity index (χ1) is 7.20. The van der Waals surface area contributed by atoms with Crippen molar-refractivity contribution in [2.24, 2.45) is 0 Å². The van der Waals surface area contributed by atoms with E-state index in [0.717, 1.165) is 12.3 Å². The van der Waals surface area contributed by atoms with Gasteiger partial charge in [0.2, 0.25) is 10.0 Å². The molecule has 2 N–H and O–H groups in total. The van der Waals surface area contributed by atoms with Gasteiger partial charge in [-0.2, -0.15) is 0 Å². The molecule has 0 aliphatic heterocycles. The number of halogens is 3. The molecule has 0 fully saturated rings. The monoisotopic (exact) mass is 319 g/mol. The maximum atomic E-state index is 11.0. The van der Waals surface area contributed by atoms with E-state index in [4.69, 9.17) is 28.3 Å². The molecule has 1 aromatic carbocycles. The van der Waals surface area contributed by atoms with E-state index in [9.17, 15) is 13.2 Å². The molecule has 5 nitrogen and oxygen atoms in total. The number of hydrogen-bond acceptors (Lipinski definition) is 3. The van der Waals surface area contributed by atoms with Crippen molar-refractivity contribution in [3.05, 3.63) is 27.7 Å². The number of aromatic carboxylic acids is 1. The van der Waals surface area contributed by atoms with Crippen molar-refractivity contribution < 1.29 is 18.3 Å². The Bertz CT molecular complexity index is 544. The van der Waals surface area contributed by atoms with E-state index in [-0.39, 0.29) is 33.7 Å². The average Bonchev–Trinajstić information content (AvgIpc) is 2.07. The standard InChI is InChI=1S/C8H7Cl2NO4S.ClH/c1-16(14,15)11-6-3-4(9)2-5(7(6)10)8(12)13;/h2-3,11H,1H3,(H,12,13);1H. The van der Waals surface area contributed by atoms with Crippen LogP contribution in [0.5, 0.6) is 0 Å². The van der Waals surface area contributed by atoms with Gasteiger partial charge in [-0.05, 0) is 12.1 Å². The van der Waals surface area contributed by atoms with Gasteiger partial charge < -0.3 is 5.11 Å². The van der Waals surface area contributed by atoms with Gasteiger partial charge >= 0.3 is 5.97 Å². The molecule has 0 saturated carbocycles. The van der Waals surface area contributed by atoms with Gasteiger partial charge in [-0.25, -0.2) is 13.2 Å². The number of anilines is 1. The number of sulfonamides is 1. The Labute approximate surface area is 114 Å². The number of nitrogens with one attached hydrogen (secondary N) is 1. The highest BCUT2D eigenvalue weighted by Gasteiger charge is 2.16. The van der Waals surface area contributed by atoms with Crippen LogP contribution in [0.4, 0.5) is 5.69 Å². The van der Waals surface area contributed by atoms with Crippen LogP contribution < -0.4 is 4.72 Å². The number of carbonyl (C=O) groups is 1. The largest absolute Gasteiger partial charge is 0.478 e. The van der Waals surface area contributed by atoms with E-state index in [1.165, 1.54) is 6.07 Å². The second-order valence-corrected chi connectivity index (χ2v) is 5.56. The van der Waals surface area contributed by atoms with Gasteiger partial charge in [0.05, 0.1) is 22.5 Å². The molecule has 0 radical (unpaired) electrons. The summed E-state index contributed by atoms with van der Waals surface area (Å²) in [5.41, 5.74) is -0.325. The summed E-state index contributed by atoms with van der Waals surface area (Å²) in [5.74, 6) is -1.29. The van der Waals surface area contributed by atoms with Crippen LogP contribution in [0.3, 0.4) is 0 Å². The SMILES string of the molecule is CS(=O)(=O)Nc1cc(Cl)cc(C(=O)O)c1Cl.Cl. The molecule has 17 heavy (non-hydrogen) atoms. The predicted octanol–water partition coefficient (Wildman–Crippen LogP) is 2.48. The lowest BCUT2D eigenvalue weighted by Gasteiger charge is -2.09. The van der Waals surface area contributed by atoms with Crippen molar-refractivity contribution in [1.82, 2.24) is 0 Å². The van der Waals surface area contributed by atoms with Gasteiger partial charge in [0.15, 0.2) is 0 Å². The maximum Gasteiger partial charge on any atom is 0.337 e. The molecule has 1 rings (SSSR count). The summed E-state index contributed by atoms with van der Waals surface area (Å²) in [6, 6.07) is 2.37. The molecule has 0 amide bonds. The highest BCUT2D eigenvalue weighted by Crippen LogP contribution is 2.30. The zero-order chi connectivity index (χ0) is 12.5. The fourth-order valence-electron chi connectivity index (χ4n) is 1.02. The topological polar surface area (TPSA) is 83.5 Å². The minimum absolute atomic E-state index is 0. The van der Waals surface area contributed by atoms with Crippen LogP contribution >= 0.6 is 35.6 Å². The summed E-state index contributed by atoms with van der Waals surface area (Å²) in [6.07, 6.45) is 0.921. The molecule has 9 heteroatoms. The molecule has 0 spiro atoms. The minimum atomic E-state index is -3.54. The fourth-order valence-corrected chi connectivity index (χ4v) is 2.09. The molecule has 96 valence electrons. The van der Waals surface area contributed by atoms with Gasteiger partial charge in [-0.1, -0.05) is 23.2 Å². The van der Waals surface area contributed by atoms with E-state index in [0.29, 0.717) is 0 Å². The molecule has 0 unspecified atom stereocenters. The first kappa shape index (κ1) is 16.3. The fraction of sp³-hybridized carbons (Fsp3) is 0.125. The van der Waals surface area contributed by atoms with Crippen LogP contribution in [0.1, 0.15) is 10.4 Å². The summed E-state index contributed by atoms with van der Waals surface area (Å²) in [6.45, 7) is 0. The molecule has 0 heterocycles. The third kappa shape index (κ3) is 4.59. The van der Waals surface area contributed by atoms with Crippen LogP contribution in [0.2, 0.25) is 10.0 Å². The summed E-state index contributed by atoms with van der Waals surface area (Å²) < 4.78 is 24.0. The Morgan fingerprint density at radius 1 is 1.35 bits per heavy atom.